The Hall–Kier alpha value is -2.71. The fraction of sp³-hybridized carbons (Fsp3) is 0.350. The van der Waals surface area contributed by atoms with Crippen LogP contribution in [0.2, 0.25) is 0 Å². The van der Waals surface area contributed by atoms with Crippen molar-refractivity contribution < 1.29 is 0 Å². The van der Waals surface area contributed by atoms with Gasteiger partial charge in [-0.15, -0.1) is 0 Å². The quantitative estimate of drug-likeness (QED) is 0.710. The van der Waals surface area contributed by atoms with Crippen LogP contribution < -0.4 is 16.2 Å². The maximum atomic E-state index is 12.5. The van der Waals surface area contributed by atoms with Gasteiger partial charge in [-0.2, -0.15) is 4.37 Å². The molecule has 1 saturated heterocycles. The number of nitrogens with two attached hydrogens (primary N) is 1. The van der Waals surface area contributed by atoms with E-state index in [1.54, 1.807) is 35.4 Å². The molecule has 2 aromatic heterocycles. The minimum Gasteiger partial charge on any atom is -0.404 e. The van der Waals surface area contributed by atoms with E-state index in [2.05, 4.69) is 43.4 Å². The van der Waals surface area contributed by atoms with Gasteiger partial charge in [0.25, 0.3) is 5.56 Å². The molecule has 1 aliphatic heterocycles. The average molecular weight is 397 g/mol. The molecule has 0 bridgehead atoms. The zero-order valence-corrected chi connectivity index (χ0v) is 16.7. The molecular weight excluding hydrogens is 372 g/mol. The zero-order valence-electron chi connectivity index (χ0n) is 15.9. The first-order chi connectivity index (χ1) is 13.7. The van der Waals surface area contributed by atoms with Crippen molar-refractivity contribution >= 4 is 33.0 Å². The van der Waals surface area contributed by atoms with Crippen LogP contribution in [0.3, 0.4) is 0 Å². The van der Waals surface area contributed by atoms with Crippen LogP contribution in [0.25, 0.3) is 15.7 Å². The SMILES string of the molecule is C/C(=C/N)c1nccn(CCN2CCN(c3nsc4ccccc34)CC2)c1=O. The molecule has 1 fully saturated rings. The second kappa shape index (κ2) is 8.12. The predicted molar refractivity (Wildman–Crippen MR) is 115 cm³/mol. The number of allylic oxidation sites excluding steroid dienone is 1. The van der Waals surface area contributed by atoms with Crippen LogP contribution in [0.15, 0.2) is 47.7 Å². The topological polar surface area (TPSA) is 80.3 Å². The molecule has 0 unspecified atom stereocenters. The molecule has 0 spiro atoms. The molecule has 0 saturated carbocycles. The first-order valence-corrected chi connectivity index (χ1v) is 10.2. The van der Waals surface area contributed by atoms with Crippen molar-refractivity contribution in [1.29, 1.82) is 0 Å². The van der Waals surface area contributed by atoms with E-state index >= 15 is 0 Å². The summed E-state index contributed by atoms with van der Waals surface area (Å²) in [5.74, 6) is 1.10. The lowest BCUT2D eigenvalue weighted by Crippen LogP contribution is -2.47. The van der Waals surface area contributed by atoms with Crippen molar-refractivity contribution in [2.75, 3.05) is 37.6 Å². The molecule has 3 heterocycles. The third-order valence-electron chi connectivity index (χ3n) is 5.22. The van der Waals surface area contributed by atoms with E-state index in [9.17, 15) is 4.79 Å². The van der Waals surface area contributed by atoms with Crippen molar-refractivity contribution in [1.82, 2.24) is 18.8 Å². The van der Waals surface area contributed by atoms with Crippen LogP contribution in [0.5, 0.6) is 0 Å². The van der Waals surface area contributed by atoms with Crippen molar-refractivity contribution in [3.63, 3.8) is 0 Å². The van der Waals surface area contributed by atoms with Gasteiger partial charge in [-0.25, -0.2) is 4.98 Å². The van der Waals surface area contributed by atoms with Gasteiger partial charge in [-0.3, -0.25) is 9.69 Å². The van der Waals surface area contributed by atoms with Crippen molar-refractivity contribution in [3.8, 4) is 0 Å². The molecule has 8 heteroatoms. The normalized spacial score (nSPS) is 16.0. The predicted octanol–water partition coefficient (Wildman–Crippen LogP) is 1.99. The van der Waals surface area contributed by atoms with Gasteiger partial charge >= 0.3 is 0 Å². The largest absolute Gasteiger partial charge is 0.404 e. The number of hydrogen-bond acceptors (Lipinski definition) is 7. The molecule has 28 heavy (non-hydrogen) atoms. The third kappa shape index (κ3) is 3.65. The van der Waals surface area contributed by atoms with E-state index in [4.69, 9.17) is 5.73 Å². The van der Waals surface area contributed by atoms with Crippen LogP contribution >= 0.6 is 11.5 Å². The van der Waals surface area contributed by atoms with Gasteiger partial charge in [-0.05, 0) is 42.4 Å². The van der Waals surface area contributed by atoms with Crippen molar-refractivity contribution in [3.05, 3.63) is 58.9 Å². The van der Waals surface area contributed by atoms with Crippen LogP contribution in [0, 0.1) is 0 Å². The molecule has 0 amide bonds. The molecule has 2 N–H and O–H groups in total. The molecule has 4 rings (SSSR count). The number of aromatic nitrogens is 3. The summed E-state index contributed by atoms with van der Waals surface area (Å²) in [6.45, 7) is 7.08. The summed E-state index contributed by atoms with van der Waals surface area (Å²) < 4.78 is 7.61. The Kier molecular flexibility index (Phi) is 5.40. The molecule has 1 aliphatic rings. The highest BCUT2D eigenvalue weighted by atomic mass is 32.1. The van der Waals surface area contributed by atoms with E-state index in [1.165, 1.54) is 16.3 Å². The van der Waals surface area contributed by atoms with Crippen LogP contribution in [-0.2, 0) is 6.54 Å². The number of fused-ring (bicyclic) bond motifs is 1. The van der Waals surface area contributed by atoms with Crippen molar-refractivity contribution in [2.45, 2.75) is 13.5 Å². The molecule has 0 aliphatic carbocycles. The Morgan fingerprint density at radius 1 is 1.21 bits per heavy atom. The van der Waals surface area contributed by atoms with E-state index in [0.717, 1.165) is 38.5 Å². The first kappa shape index (κ1) is 18.6. The Bertz CT molecular complexity index is 1050. The Labute approximate surface area is 167 Å². The maximum Gasteiger partial charge on any atom is 0.276 e. The van der Waals surface area contributed by atoms with Crippen molar-refractivity contribution in [2.24, 2.45) is 5.73 Å². The number of nitrogens with zero attached hydrogens (tertiary/aromatic N) is 5. The fourth-order valence-electron chi connectivity index (χ4n) is 3.51. The monoisotopic (exact) mass is 396 g/mol. The van der Waals surface area contributed by atoms with Gasteiger partial charge in [0.05, 0.1) is 4.70 Å². The Balaban J connectivity index is 1.37. The van der Waals surface area contributed by atoms with Gasteiger partial charge in [0.1, 0.15) is 11.5 Å². The highest BCUT2D eigenvalue weighted by Crippen LogP contribution is 2.29. The van der Waals surface area contributed by atoms with Gasteiger partial charge in [0, 0.05) is 57.0 Å². The molecule has 1 aromatic carbocycles. The van der Waals surface area contributed by atoms with E-state index in [0.29, 0.717) is 17.8 Å². The van der Waals surface area contributed by atoms with Gasteiger partial charge in [0.2, 0.25) is 0 Å². The molecule has 0 radical (unpaired) electrons. The van der Waals surface area contributed by atoms with Gasteiger partial charge in [-0.1, -0.05) is 12.1 Å². The minimum absolute atomic E-state index is 0.0886. The molecule has 3 aromatic rings. The van der Waals surface area contributed by atoms with E-state index in [-0.39, 0.29) is 5.56 Å². The lowest BCUT2D eigenvalue weighted by atomic mass is 10.2. The number of rotatable bonds is 5. The summed E-state index contributed by atoms with van der Waals surface area (Å²) in [4.78, 5) is 21.5. The van der Waals surface area contributed by atoms with E-state index in [1.807, 2.05) is 0 Å². The number of anilines is 1. The zero-order chi connectivity index (χ0) is 19.5. The highest BCUT2D eigenvalue weighted by molar-refractivity contribution is 7.13. The summed E-state index contributed by atoms with van der Waals surface area (Å²) in [5, 5.41) is 1.24. The first-order valence-electron chi connectivity index (χ1n) is 9.43. The number of hydrogen-bond donors (Lipinski definition) is 1. The third-order valence-corrected chi connectivity index (χ3v) is 6.04. The lowest BCUT2D eigenvalue weighted by Gasteiger charge is -2.35. The summed E-state index contributed by atoms with van der Waals surface area (Å²) >= 11 is 1.56. The standard InChI is InChI=1S/C20H24N6OS/c1-15(14-21)18-20(27)26(7-6-22-18)13-10-24-8-11-25(12-9-24)19-16-4-2-3-5-17(16)28-23-19/h2-7,14H,8-13,21H2,1H3/b15-14-. The summed E-state index contributed by atoms with van der Waals surface area (Å²) in [6, 6.07) is 8.39. The van der Waals surface area contributed by atoms with E-state index < -0.39 is 0 Å². The smallest absolute Gasteiger partial charge is 0.276 e. The molecule has 0 atom stereocenters. The number of piperazine rings is 1. The van der Waals surface area contributed by atoms with Gasteiger partial charge < -0.3 is 15.2 Å². The minimum atomic E-state index is -0.0886. The molecule has 7 nitrogen and oxygen atoms in total. The summed E-state index contributed by atoms with van der Waals surface area (Å²) in [6.07, 6.45) is 4.83. The fourth-order valence-corrected chi connectivity index (χ4v) is 4.30. The lowest BCUT2D eigenvalue weighted by molar-refractivity contribution is 0.247. The summed E-state index contributed by atoms with van der Waals surface area (Å²) in [5.41, 5.74) is 6.56. The molecule has 146 valence electrons. The highest BCUT2D eigenvalue weighted by Gasteiger charge is 2.20. The summed E-state index contributed by atoms with van der Waals surface area (Å²) in [7, 11) is 0. The number of benzene rings is 1. The van der Waals surface area contributed by atoms with Gasteiger partial charge in [0.15, 0.2) is 0 Å². The second-order valence-electron chi connectivity index (χ2n) is 6.96. The van der Waals surface area contributed by atoms with Crippen LogP contribution in [-0.4, -0.2) is 51.5 Å². The maximum absolute atomic E-state index is 12.5. The van der Waals surface area contributed by atoms with Crippen LogP contribution in [0.1, 0.15) is 12.6 Å². The Morgan fingerprint density at radius 3 is 2.79 bits per heavy atom. The Morgan fingerprint density at radius 2 is 2.00 bits per heavy atom. The molecular formula is C20H24N6OS. The average Bonchev–Trinajstić information content (AvgIpc) is 3.17. The second-order valence-corrected chi connectivity index (χ2v) is 7.76. The van der Waals surface area contributed by atoms with Crippen LogP contribution in [0.4, 0.5) is 5.82 Å².